The molecule has 0 radical (unpaired) electrons. The van der Waals surface area contributed by atoms with E-state index in [0.29, 0.717) is 5.56 Å². The first-order valence-corrected chi connectivity index (χ1v) is 22.7. The molecule has 4 aliphatic rings. The van der Waals surface area contributed by atoms with Crippen molar-refractivity contribution in [1.29, 1.82) is 0 Å². The summed E-state index contributed by atoms with van der Waals surface area (Å²) in [6.07, 6.45) is -11.0. The van der Waals surface area contributed by atoms with Crippen LogP contribution in [0.1, 0.15) is 79.8 Å². The van der Waals surface area contributed by atoms with E-state index in [9.17, 15) is 39.0 Å². The van der Waals surface area contributed by atoms with Gasteiger partial charge in [0.2, 0.25) is 0 Å². The van der Waals surface area contributed by atoms with Gasteiger partial charge in [0.25, 0.3) is 5.91 Å². The maximum absolute atomic E-state index is 16.0. The van der Waals surface area contributed by atoms with E-state index in [1.807, 2.05) is 0 Å². The van der Waals surface area contributed by atoms with Crippen LogP contribution < -0.4 is 5.32 Å². The van der Waals surface area contributed by atoms with Gasteiger partial charge in [-0.3, -0.25) is 24.0 Å². The van der Waals surface area contributed by atoms with Crippen molar-refractivity contribution in [3.05, 3.63) is 119 Å². The van der Waals surface area contributed by atoms with Crippen molar-refractivity contribution in [3.8, 4) is 0 Å². The third-order valence-corrected chi connectivity index (χ3v) is 14.3. The van der Waals surface area contributed by atoms with Crippen LogP contribution in [-0.2, 0) is 52.4 Å². The lowest BCUT2D eigenvalue weighted by molar-refractivity contribution is -0.346. The number of esters is 5. The summed E-state index contributed by atoms with van der Waals surface area (Å²) in [4.78, 5) is 98.1. The number of Topliss-reactive ketones (excluding diaryl/α,β-unsaturated/α-hetero) is 1. The molecule has 18 heteroatoms. The number of fused-ring (bicyclic) bond motifs is 5. The summed E-state index contributed by atoms with van der Waals surface area (Å²) < 4.78 is 36.6. The van der Waals surface area contributed by atoms with E-state index in [1.165, 1.54) is 39.8 Å². The molecular formula is C49H51Cl2NO15. The van der Waals surface area contributed by atoms with Crippen molar-refractivity contribution in [2.24, 2.45) is 16.7 Å². The molecule has 1 aliphatic heterocycles. The number of ether oxygens (including phenoxy) is 6. The van der Waals surface area contributed by atoms with Crippen molar-refractivity contribution in [1.82, 2.24) is 5.32 Å². The standard InChI is InChI=1S/C49H51Cl2NO15/c1-26-31(63-45(60)38(56)37(28-15-9-6-10-16-28)52-43(58)29-17-11-7-12-18-29)22-49(61)42(66-44(59)30-19-13-8-14-20-30)40-47(5,41(57)39(65-35(55)24-51)36(26)46(49,3)4)32(64-34(54)23-50)21-33-48(40,25-62-33)67-27(2)53/h6-20,31-33,37-40,42,56,61H,21-25H2,1-5H3,(H,52,58)/t31-,32-,33+,37-,38+,39+,40-,42-,47+,48-,49+/m0/s1. The monoisotopic (exact) mass is 963 g/mol. The molecule has 2 bridgehead atoms. The van der Waals surface area contributed by atoms with Crippen LogP contribution in [0.25, 0.3) is 0 Å². The highest BCUT2D eigenvalue weighted by Crippen LogP contribution is 2.65. The first kappa shape index (κ1) is 49.3. The largest absolute Gasteiger partial charge is 0.460 e. The van der Waals surface area contributed by atoms with Gasteiger partial charge >= 0.3 is 29.8 Å². The summed E-state index contributed by atoms with van der Waals surface area (Å²) in [6.45, 7) is 6.64. The molecule has 3 aromatic carbocycles. The van der Waals surface area contributed by atoms with Crippen LogP contribution in [0.5, 0.6) is 0 Å². The number of benzene rings is 3. The third-order valence-electron chi connectivity index (χ3n) is 13.9. The Hall–Kier alpha value is -5.65. The number of carbonyl (C=O) groups is 7. The van der Waals surface area contributed by atoms with Crippen LogP contribution >= 0.6 is 23.2 Å². The number of hydrogen-bond acceptors (Lipinski definition) is 15. The molecule has 2 saturated carbocycles. The second-order valence-corrected chi connectivity index (χ2v) is 18.5. The van der Waals surface area contributed by atoms with Gasteiger partial charge in [-0.15, -0.1) is 23.2 Å². The second kappa shape index (κ2) is 19.2. The zero-order valence-corrected chi connectivity index (χ0v) is 38.8. The average molecular weight is 965 g/mol. The minimum absolute atomic E-state index is 0.0233. The molecule has 3 fully saturated rings. The molecule has 0 unspecified atom stereocenters. The molecule has 3 aromatic rings. The number of aliphatic hydroxyl groups excluding tert-OH is 1. The highest BCUT2D eigenvalue weighted by atomic mass is 35.5. The highest BCUT2D eigenvalue weighted by Gasteiger charge is 2.79. The molecule has 7 rings (SSSR count). The Labute approximate surface area is 396 Å². The quantitative estimate of drug-likeness (QED) is 0.0910. The minimum Gasteiger partial charge on any atom is -0.460 e. The Morgan fingerprint density at radius 2 is 1.39 bits per heavy atom. The lowest BCUT2D eigenvalue weighted by Crippen LogP contribution is -2.82. The van der Waals surface area contributed by atoms with E-state index in [2.05, 4.69) is 5.32 Å². The van der Waals surface area contributed by atoms with Crippen LogP contribution in [-0.4, -0.2) is 118 Å². The summed E-state index contributed by atoms with van der Waals surface area (Å²) in [5.74, 6) is -9.74. The highest BCUT2D eigenvalue weighted by molar-refractivity contribution is 6.26. The maximum Gasteiger partial charge on any atom is 0.338 e. The van der Waals surface area contributed by atoms with Crippen molar-refractivity contribution in [2.75, 3.05) is 18.4 Å². The van der Waals surface area contributed by atoms with Gasteiger partial charge in [0.15, 0.2) is 23.6 Å². The van der Waals surface area contributed by atoms with E-state index in [-0.39, 0.29) is 35.3 Å². The van der Waals surface area contributed by atoms with Gasteiger partial charge < -0.3 is 44.0 Å². The summed E-state index contributed by atoms with van der Waals surface area (Å²) in [5.41, 5.74) is -7.70. The molecule has 3 N–H and O–H groups in total. The first-order chi connectivity index (χ1) is 31.7. The van der Waals surface area contributed by atoms with Crippen LogP contribution in [0.3, 0.4) is 0 Å². The Morgan fingerprint density at radius 1 is 0.821 bits per heavy atom. The first-order valence-electron chi connectivity index (χ1n) is 21.6. The summed E-state index contributed by atoms with van der Waals surface area (Å²) in [7, 11) is 0. The van der Waals surface area contributed by atoms with Crippen LogP contribution in [0, 0.1) is 16.7 Å². The molecule has 3 aliphatic carbocycles. The van der Waals surface area contributed by atoms with E-state index < -0.39 is 130 Å². The van der Waals surface area contributed by atoms with Crippen LogP contribution in [0.2, 0.25) is 0 Å². The van der Waals surface area contributed by atoms with Gasteiger partial charge in [0, 0.05) is 30.7 Å². The van der Waals surface area contributed by atoms with Gasteiger partial charge in [-0.25, -0.2) is 9.59 Å². The normalized spacial score (nSPS) is 30.3. The fraction of sp³-hybridized carbons (Fsp3) is 0.449. The lowest BCUT2D eigenvalue weighted by Gasteiger charge is -2.67. The third kappa shape index (κ3) is 8.74. The van der Waals surface area contributed by atoms with E-state index >= 15 is 4.79 Å². The van der Waals surface area contributed by atoms with Gasteiger partial charge in [0.1, 0.15) is 41.8 Å². The van der Waals surface area contributed by atoms with Gasteiger partial charge in [-0.2, -0.15) is 0 Å². The lowest BCUT2D eigenvalue weighted by atomic mass is 9.44. The molecule has 16 nitrogen and oxygen atoms in total. The number of ketones is 1. The second-order valence-electron chi connectivity index (χ2n) is 18.0. The Bertz CT molecular complexity index is 2450. The molecular weight excluding hydrogens is 913 g/mol. The Kier molecular flexibility index (Phi) is 14.1. The molecule has 67 heavy (non-hydrogen) atoms. The zero-order chi connectivity index (χ0) is 48.6. The molecule has 356 valence electrons. The predicted octanol–water partition coefficient (Wildman–Crippen LogP) is 4.74. The van der Waals surface area contributed by atoms with E-state index in [0.717, 1.165) is 6.92 Å². The summed E-state index contributed by atoms with van der Waals surface area (Å²) >= 11 is 12.0. The number of carbonyl (C=O) groups excluding carboxylic acids is 7. The summed E-state index contributed by atoms with van der Waals surface area (Å²) in [6, 6.07) is 22.6. The van der Waals surface area contributed by atoms with E-state index in [4.69, 9.17) is 51.6 Å². The van der Waals surface area contributed by atoms with E-state index in [1.54, 1.807) is 78.9 Å². The number of hydrogen-bond donors (Lipinski definition) is 3. The van der Waals surface area contributed by atoms with Crippen molar-refractivity contribution < 1.29 is 72.2 Å². The number of rotatable bonds is 13. The fourth-order valence-electron chi connectivity index (χ4n) is 10.5. The fourth-order valence-corrected chi connectivity index (χ4v) is 10.6. The van der Waals surface area contributed by atoms with Crippen LogP contribution in [0.15, 0.2) is 102 Å². The molecule has 1 saturated heterocycles. The van der Waals surface area contributed by atoms with Crippen molar-refractivity contribution in [3.63, 3.8) is 0 Å². The number of nitrogens with one attached hydrogen (secondary N) is 1. The van der Waals surface area contributed by atoms with Crippen molar-refractivity contribution >= 4 is 64.7 Å². The van der Waals surface area contributed by atoms with Gasteiger partial charge in [-0.05, 0) is 54.8 Å². The van der Waals surface area contributed by atoms with Gasteiger partial charge in [-0.1, -0.05) is 80.6 Å². The predicted molar refractivity (Wildman–Crippen MR) is 237 cm³/mol. The molecule has 1 heterocycles. The zero-order valence-electron chi connectivity index (χ0n) is 37.3. The Morgan fingerprint density at radius 3 is 1.94 bits per heavy atom. The molecule has 0 aromatic heterocycles. The molecule has 1 amide bonds. The number of aliphatic hydroxyl groups is 2. The number of alkyl halides is 2. The summed E-state index contributed by atoms with van der Waals surface area (Å²) in [5, 5.41) is 28.5. The van der Waals surface area contributed by atoms with Crippen molar-refractivity contribution in [2.45, 2.75) is 101 Å². The maximum atomic E-state index is 16.0. The van der Waals surface area contributed by atoms with Crippen LogP contribution in [0.4, 0.5) is 0 Å². The average Bonchev–Trinajstić information content (AvgIpc) is 3.31. The molecule has 0 spiro atoms. The Balaban J connectivity index is 1.43. The molecule has 11 atom stereocenters. The number of amides is 1. The minimum atomic E-state index is -2.49. The number of halogens is 2. The SMILES string of the molecule is CC(=O)O[C@@]12CO[C@@H]1C[C@H](OC(=O)CCl)[C@@]1(C)C(=O)[C@H](OC(=O)CCl)C3=C(C)[C@@H](OC(=O)[C@H](O)[C@@H](NC(=O)c4ccccc4)c4ccccc4)C[C@@](O)([C@@H](OC(=O)c4ccccc4)[C@H]21)C3(C)C. The van der Waals surface area contributed by atoms with Gasteiger partial charge in [0.05, 0.1) is 29.5 Å². The smallest absolute Gasteiger partial charge is 0.338 e. The topological polar surface area (TPSA) is 227 Å².